The van der Waals surface area contributed by atoms with Crippen molar-refractivity contribution in [2.24, 2.45) is 9.98 Å². The maximum absolute atomic E-state index is 12.3. The molecule has 0 bridgehead atoms. The van der Waals surface area contributed by atoms with Crippen molar-refractivity contribution < 1.29 is 4.79 Å². The number of halogens is 2. The Hall–Kier alpha value is -2.97. The second-order valence-corrected chi connectivity index (χ2v) is 7.64. The van der Waals surface area contributed by atoms with E-state index in [4.69, 9.17) is 16.6 Å². The molecule has 0 spiro atoms. The molecule has 2 heterocycles. The van der Waals surface area contributed by atoms with E-state index < -0.39 is 0 Å². The molecule has 0 radical (unpaired) electrons. The van der Waals surface area contributed by atoms with Crippen LogP contribution in [0.3, 0.4) is 0 Å². The fourth-order valence-corrected chi connectivity index (χ4v) is 3.53. The normalized spacial score (nSPS) is 13.1. The number of carbonyl (C=O) groups is 1. The Morgan fingerprint density at radius 2 is 2.03 bits per heavy atom. The van der Waals surface area contributed by atoms with Crippen LogP contribution in [0, 0.1) is 6.92 Å². The van der Waals surface area contributed by atoms with Crippen molar-refractivity contribution in [2.45, 2.75) is 6.92 Å². The average molecular weight is 472 g/mol. The molecule has 1 aliphatic heterocycles. The second-order valence-electron chi connectivity index (χ2n) is 6.32. The zero-order chi connectivity index (χ0) is 20.4. The Kier molecular flexibility index (Phi) is 5.46. The van der Waals surface area contributed by atoms with Crippen LogP contribution in [-0.2, 0) is 0 Å². The highest BCUT2D eigenvalue weighted by molar-refractivity contribution is 9.10. The van der Waals surface area contributed by atoms with E-state index in [9.17, 15) is 4.79 Å². The fraction of sp³-hybridized carbons (Fsp3) is 0.100. The fourth-order valence-electron chi connectivity index (χ4n) is 2.94. The van der Waals surface area contributed by atoms with Crippen LogP contribution in [-0.4, -0.2) is 34.0 Å². The first-order valence-electron chi connectivity index (χ1n) is 8.76. The van der Waals surface area contributed by atoms with Gasteiger partial charge in [-0.1, -0.05) is 45.7 Å². The number of carbonyl (C=O) groups excluding carboxylic acids is 1. The van der Waals surface area contributed by atoms with Crippen molar-refractivity contribution in [1.29, 1.82) is 0 Å². The van der Waals surface area contributed by atoms with Crippen LogP contribution in [0.25, 0.3) is 0 Å². The number of aryl methyl sites for hydroxylation is 1. The van der Waals surface area contributed by atoms with Crippen LogP contribution in [0.4, 0.5) is 5.69 Å². The maximum atomic E-state index is 12.3. The van der Waals surface area contributed by atoms with E-state index in [-0.39, 0.29) is 12.5 Å². The van der Waals surface area contributed by atoms with Gasteiger partial charge in [0.15, 0.2) is 5.69 Å². The Morgan fingerprint density at radius 3 is 2.79 bits per heavy atom. The minimum Gasteiger partial charge on any atom is -0.348 e. The predicted molar refractivity (Wildman–Crippen MR) is 117 cm³/mol. The van der Waals surface area contributed by atoms with E-state index in [0.717, 1.165) is 27.0 Å². The Bertz CT molecular complexity index is 1150. The lowest BCUT2D eigenvalue weighted by Gasteiger charge is -2.10. The highest BCUT2D eigenvalue weighted by Crippen LogP contribution is 2.30. The first-order chi connectivity index (χ1) is 14.0. The summed E-state index contributed by atoms with van der Waals surface area (Å²) >= 11 is 9.92. The molecule has 0 aliphatic carbocycles. The smallest absolute Gasteiger partial charge is 0.290 e. The molecule has 9 heteroatoms. The van der Waals surface area contributed by atoms with Crippen LogP contribution in [0.2, 0.25) is 5.02 Å². The molecule has 1 aliphatic rings. The summed E-state index contributed by atoms with van der Waals surface area (Å²) in [6, 6.07) is 13.3. The number of aromatic amines is 1. The number of nitrogens with zero attached hydrogens (tertiary/aromatic N) is 3. The van der Waals surface area contributed by atoms with Gasteiger partial charge in [0, 0.05) is 26.3 Å². The topological polar surface area (TPSA) is 94.5 Å². The second kappa shape index (κ2) is 8.18. The lowest BCUT2D eigenvalue weighted by molar-refractivity contribution is 0.0938. The maximum Gasteiger partial charge on any atom is 0.290 e. The molecule has 7 nitrogen and oxygen atoms in total. The summed E-state index contributed by atoms with van der Waals surface area (Å²) < 4.78 is 0.907. The number of hydrogen-bond acceptors (Lipinski definition) is 5. The summed E-state index contributed by atoms with van der Waals surface area (Å²) in [7, 11) is 0. The van der Waals surface area contributed by atoms with Gasteiger partial charge in [0.05, 0.1) is 24.3 Å². The molecule has 2 aromatic carbocycles. The zero-order valence-corrected chi connectivity index (χ0v) is 17.7. The van der Waals surface area contributed by atoms with Gasteiger partial charge in [0.1, 0.15) is 5.84 Å². The molecule has 3 aromatic rings. The first-order valence-corrected chi connectivity index (χ1v) is 9.93. The molecule has 146 valence electrons. The van der Waals surface area contributed by atoms with E-state index in [1.807, 2.05) is 42.5 Å². The molecule has 0 unspecified atom stereocenters. The lowest BCUT2D eigenvalue weighted by atomic mass is 10.0. The molecular formula is C20H16BrClN6O. The first kappa shape index (κ1) is 19.4. The molecule has 0 atom stereocenters. The van der Waals surface area contributed by atoms with E-state index in [1.165, 1.54) is 6.33 Å². The summed E-state index contributed by atoms with van der Waals surface area (Å²) in [5.74, 6) is 0.138. The molecule has 1 aromatic heterocycles. The minimum atomic E-state index is -0.359. The number of fused-ring (bicyclic) bond motifs is 1. The van der Waals surface area contributed by atoms with Crippen molar-refractivity contribution in [3.05, 3.63) is 80.8 Å². The number of amides is 1. The number of aliphatic imine (C=N–C) groups is 2. The van der Waals surface area contributed by atoms with E-state index in [2.05, 4.69) is 41.7 Å². The number of hydrogen-bond donors (Lipinski definition) is 3. The zero-order valence-electron chi connectivity index (χ0n) is 15.3. The quantitative estimate of drug-likeness (QED) is 0.494. The molecule has 4 rings (SSSR count). The van der Waals surface area contributed by atoms with Gasteiger partial charge in [-0.05, 0) is 31.2 Å². The highest BCUT2D eigenvalue weighted by Gasteiger charge is 2.19. The van der Waals surface area contributed by atoms with Crippen molar-refractivity contribution in [3.63, 3.8) is 0 Å². The highest BCUT2D eigenvalue weighted by atomic mass is 79.9. The molecule has 1 amide bonds. The third-order valence-electron chi connectivity index (χ3n) is 4.35. The van der Waals surface area contributed by atoms with Crippen molar-refractivity contribution in [3.8, 4) is 0 Å². The van der Waals surface area contributed by atoms with Gasteiger partial charge in [0.2, 0.25) is 0 Å². The predicted octanol–water partition coefficient (Wildman–Crippen LogP) is 3.95. The van der Waals surface area contributed by atoms with Crippen LogP contribution in [0.5, 0.6) is 0 Å². The summed E-state index contributed by atoms with van der Waals surface area (Å²) in [6.07, 6.45) is 1.47. The third-order valence-corrected chi connectivity index (χ3v) is 5.17. The van der Waals surface area contributed by atoms with Crippen molar-refractivity contribution >= 4 is 50.7 Å². The summed E-state index contributed by atoms with van der Waals surface area (Å²) in [6.45, 7) is 2.02. The Labute approximate surface area is 180 Å². The molecule has 29 heavy (non-hydrogen) atoms. The van der Waals surface area contributed by atoms with E-state index >= 15 is 0 Å². The van der Waals surface area contributed by atoms with Crippen molar-refractivity contribution in [1.82, 2.24) is 20.8 Å². The minimum absolute atomic E-state index is 0.243. The molecule has 3 N–H and O–H groups in total. The van der Waals surface area contributed by atoms with Gasteiger partial charge in [-0.2, -0.15) is 0 Å². The Morgan fingerprint density at radius 1 is 1.21 bits per heavy atom. The van der Waals surface area contributed by atoms with Crippen LogP contribution in [0.15, 0.2) is 63.2 Å². The number of benzene rings is 2. The third kappa shape index (κ3) is 4.08. The number of rotatable bonds is 2. The van der Waals surface area contributed by atoms with Crippen LogP contribution < -0.4 is 10.9 Å². The van der Waals surface area contributed by atoms with Crippen molar-refractivity contribution in [2.75, 3.05) is 6.54 Å². The van der Waals surface area contributed by atoms with Gasteiger partial charge in [0.25, 0.3) is 5.91 Å². The molecule has 0 fully saturated rings. The number of aromatic nitrogens is 2. The molecular weight excluding hydrogens is 456 g/mol. The van der Waals surface area contributed by atoms with Gasteiger partial charge in [-0.15, -0.1) is 0 Å². The van der Waals surface area contributed by atoms with Gasteiger partial charge >= 0.3 is 0 Å². The average Bonchev–Trinajstić information content (AvgIpc) is 3.06. The number of imidazole rings is 1. The Balaban J connectivity index is 1.65. The standard InChI is InChI=1S/C20H16BrClN6O/c1-11-18(25-10-24-11)20(29)28-27-17-9-23-19(13-4-2-3-5-15(13)22)14-8-12(21)6-7-16(14)26-17/h2-8,10H,9H2,1H3,(H,24,25)(H,26,27)(H,28,29). The van der Waals surface area contributed by atoms with Gasteiger partial charge in [-0.25, -0.2) is 9.98 Å². The number of hydrazine groups is 1. The molecule has 0 saturated carbocycles. The number of nitrogens with one attached hydrogen (secondary N) is 3. The summed E-state index contributed by atoms with van der Waals surface area (Å²) in [5.41, 5.74) is 9.61. The SMILES string of the molecule is Cc1[nH]cnc1C(=O)NNC1=Nc2ccc(Br)cc2C(c2ccccc2Cl)=NC1. The number of H-pyrrole nitrogens is 1. The lowest BCUT2D eigenvalue weighted by Crippen LogP contribution is -2.43. The van der Waals surface area contributed by atoms with E-state index in [0.29, 0.717) is 22.2 Å². The van der Waals surface area contributed by atoms with Crippen LogP contribution in [0.1, 0.15) is 27.3 Å². The van der Waals surface area contributed by atoms with Gasteiger partial charge < -0.3 is 4.98 Å². The van der Waals surface area contributed by atoms with Gasteiger partial charge in [-0.3, -0.25) is 20.6 Å². The summed E-state index contributed by atoms with van der Waals surface area (Å²) in [4.78, 5) is 28.6. The number of amidine groups is 1. The van der Waals surface area contributed by atoms with E-state index in [1.54, 1.807) is 6.92 Å². The largest absolute Gasteiger partial charge is 0.348 e. The molecule has 0 saturated heterocycles. The summed E-state index contributed by atoms with van der Waals surface area (Å²) in [5, 5.41) is 0.607. The monoisotopic (exact) mass is 470 g/mol. The van der Waals surface area contributed by atoms with Crippen LogP contribution >= 0.6 is 27.5 Å².